The molecule has 0 atom stereocenters. The van der Waals surface area contributed by atoms with Crippen LogP contribution in [0.4, 0.5) is 19.0 Å². The third-order valence-electron chi connectivity index (χ3n) is 2.89. The van der Waals surface area contributed by atoms with Crippen LogP contribution in [-0.4, -0.2) is 31.8 Å². The van der Waals surface area contributed by atoms with E-state index in [1.165, 1.54) is 23.3 Å². The lowest BCUT2D eigenvalue weighted by molar-refractivity contribution is -0.137. The Hall–Kier alpha value is -2.71. The molecule has 0 spiro atoms. The molecule has 0 saturated carbocycles. The Balaban J connectivity index is 2.09. The summed E-state index contributed by atoms with van der Waals surface area (Å²) in [4.78, 5) is 11.9. The number of rotatable bonds is 2. The molecule has 0 aliphatic carbocycles. The Bertz CT molecular complexity index is 778. The van der Waals surface area contributed by atoms with E-state index in [2.05, 4.69) is 25.4 Å². The van der Waals surface area contributed by atoms with Gasteiger partial charge in [-0.3, -0.25) is 0 Å². The zero-order valence-electron chi connectivity index (χ0n) is 10.8. The number of nitrogens with one attached hydrogen (secondary N) is 1. The highest BCUT2D eigenvalue weighted by Crippen LogP contribution is 2.29. The third kappa shape index (κ3) is 2.26. The largest absolute Gasteiger partial charge is 0.417 e. The average molecular weight is 294 g/mol. The first-order valence-electron chi connectivity index (χ1n) is 5.91. The van der Waals surface area contributed by atoms with Crippen LogP contribution >= 0.6 is 0 Å². The number of aromatic nitrogens is 5. The van der Waals surface area contributed by atoms with Crippen LogP contribution in [0.25, 0.3) is 16.9 Å². The summed E-state index contributed by atoms with van der Waals surface area (Å²) in [6, 6.07) is 2.20. The van der Waals surface area contributed by atoms with Gasteiger partial charge in [0.1, 0.15) is 12.1 Å². The highest BCUT2D eigenvalue weighted by Gasteiger charge is 2.30. The molecule has 1 N–H and O–H groups in total. The molecule has 0 aliphatic rings. The summed E-state index contributed by atoms with van der Waals surface area (Å²) >= 11 is 0. The summed E-state index contributed by atoms with van der Waals surface area (Å²) in [7, 11) is 1.70. The lowest BCUT2D eigenvalue weighted by atomic mass is 10.3. The molecule has 3 rings (SSSR count). The van der Waals surface area contributed by atoms with E-state index >= 15 is 0 Å². The minimum absolute atomic E-state index is 0.249. The van der Waals surface area contributed by atoms with Gasteiger partial charge in [0.25, 0.3) is 0 Å². The molecule has 0 fully saturated rings. The molecule has 3 heterocycles. The number of hydrogen-bond donors (Lipinski definition) is 1. The van der Waals surface area contributed by atoms with Crippen molar-refractivity contribution in [2.24, 2.45) is 0 Å². The van der Waals surface area contributed by atoms with Crippen molar-refractivity contribution in [2.75, 3.05) is 12.4 Å². The maximum Gasteiger partial charge on any atom is 0.417 e. The van der Waals surface area contributed by atoms with Gasteiger partial charge in [0.05, 0.1) is 17.1 Å². The average Bonchev–Trinajstić information content (AvgIpc) is 2.90. The van der Waals surface area contributed by atoms with Gasteiger partial charge in [-0.25, -0.2) is 15.0 Å². The highest BCUT2D eigenvalue weighted by atomic mass is 19.4. The quantitative estimate of drug-likeness (QED) is 0.785. The molecule has 0 amide bonds. The first kappa shape index (κ1) is 13.3. The lowest BCUT2D eigenvalue weighted by Gasteiger charge is -2.07. The summed E-state index contributed by atoms with van der Waals surface area (Å²) < 4.78 is 38.9. The summed E-state index contributed by atoms with van der Waals surface area (Å²) in [6.45, 7) is 0. The van der Waals surface area contributed by atoms with E-state index in [-0.39, 0.29) is 5.82 Å². The van der Waals surface area contributed by atoms with E-state index in [1.54, 1.807) is 7.05 Å². The number of halogens is 3. The topological polar surface area (TPSA) is 68.5 Å². The first-order chi connectivity index (χ1) is 10.0. The van der Waals surface area contributed by atoms with Crippen LogP contribution in [0.15, 0.2) is 30.9 Å². The van der Waals surface area contributed by atoms with Gasteiger partial charge in [0, 0.05) is 13.2 Å². The Kier molecular flexibility index (Phi) is 2.96. The molecule has 3 aromatic rings. The first-order valence-corrected chi connectivity index (χ1v) is 5.91. The van der Waals surface area contributed by atoms with Gasteiger partial charge in [0.15, 0.2) is 11.5 Å². The second-order valence-electron chi connectivity index (χ2n) is 4.17. The van der Waals surface area contributed by atoms with Crippen molar-refractivity contribution in [3.8, 4) is 5.82 Å². The molecule has 21 heavy (non-hydrogen) atoms. The van der Waals surface area contributed by atoms with Crippen molar-refractivity contribution < 1.29 is 13.2 Å². The third-order valence-corrected chi connectivity index (χ3v) is 2.89. The molecular weight excluding hydrogens is 285 g/mol. The Morgan fingerprint density at radius 3 is 2.52 bits per heavy atom. The molecule has 108 valence electrons. The van der Waals surface area contributed by atoms with E-state index in [1.807, 2.05) is 0 Å². The number of anilines is 1. The van der Waals surface area contributed by atoms with Gasteiger partial charge in [-0.15, -0.1) is 0 Å². The van der Waals surface area contributed by atoms with E-state index in [4.69, 9.17) is 0 Å². The standard InChI is InChI=1S/C12H9F3N6/c1-16-10-8-5-20-21(11(8)19-6-18-10)9-3-2-7(4-17-9)12(13,14)15/h2-6H,1H3,(H,16,18,19). The Morgan fingerprint density at radius 1 is 1.10 bits per heavy atom. The molecule has 0 bridgehead atoms. The Morgan fingerprint density at radius 2 is 1.90 bits per heavy atom. The zero-order chi connectivity index (χ0) is 15.0. The second-order valence-corrected chi connectivity index (χ2v) is 4.17. The summed E-state index contributed by atoms with van der Waals surface area (Å²) in [6.07, 6.45) is -0.779. The van der Waals surface area contributed by atoms with Crippen molar-refractivity contribution in [3.05, 3.63) is 36.4 Å². The smallest absolute Gasteiger partial charge is 0.372 e. The zero-order valence-corrected chi connectivity index (χ0v) is 10.8. The van der Waals surface area contributed by atoms with Gasteiger partial charge in [-0.2, -0.15) is 23.0 Å². The van der Waals surface area contributed by atoms with E-state index < -0.39 is 11.7 Å². The fourth-order valence-electron chi connectivity index (χ4n) is 1.89. The number of fused-ring (bicyclic) bond motifs is 1. The maximum atomic E-state index is 12.5. The fraction of sp³-hybridized carbons (Fsp3) is 0.167. The van der Waals surface area contributed by atoms with Gasteiger partial charge in [-0.1, -0.05) is 0 Å². The maximum absolute atomic E-state index is 12.5. The number of pyridine rings is 1. The van der Waals surface area contributed by atoms with Gasteiger partial charge >= 0.3 is 6.18 Å². The predicted octanol–water partition coefficient (Wildman–Crippen LogP) is 2.27. The molecule has 0 aromatic carbocycles. The van der Waals surface area contributed by atoms with Crippen molar-refractivity contribution in [2.45, 2.75) is 6.18 Å². The number of alkyl halides is 3. The van der Waals surface area contributed by atoms with Crippen LogP contribution in [0.2, 0.25) is 0 Å². The normalized spacial score (nSPS) is 11.8. The van der Waals surface area contributed by atoms with Gasteiger partial charge < -0.3 is 5.32 Å². The van der Waals surface area contributed by atoms with Crippen LogP contribution in [0.1, 0.15) is 5.56 Å². The van der Waals surface area contributed by atoms with Gasteiger partial charge in [-0.05, 0) is 12.1 Å². The number of hydrogen-bond acceptors (Lipinski definition) is 5. The van der Waals surface area contributed by atoms with Crippen LogP contribution in [-0.2, 0) is 6.18 Å². The molecule has 0 aliphatic heterocycles. The minimum atomic E-state index is -4.42. The van der Waals surface area contributed by atoms with Gasteiger partial charge in [0.2, 0.25) is 0 Å². The van der Waals surface area contributed by atoms with Crippen LogP contribution in [0, 0.1) is 0 Å². The van der Waals surface area contributed by atoms with Crippen LogP contribution in [0.3, 0.4) is 0 Å². The Labute approximate surface area is 116 Å². The van der Waals surface area contributed by atoms with Crippen molar-refractivity contribution in [3.63, 3.8) is 0 Å². The molecule has 3 aromatic heterocycles. The number of nitrogens with zero attached hydrogens (tertiary/aromatic N) is 5. The lowest BCUT2D eigenvalue weighted by Crippen LogP contribution is -2.07. The molecule has 0 unspecified atom stereocenters. The highest BCUT2D eigenvalue weighted by molar-refractivity contribution is 5.86. The minimum Gasteiger partial charge on any atom is -0.372 e. The molecule has 6 nitrogen and oxygen atoms in total. The van der Waals surface area contributed by atoms with Crippen LogP contribution < -0.4 is 5.32 Å². The van der Waals surface area contributed by atoms with Crippen molar-refractivity contribution in [1.29, 1.82) is 0 Å². The van der Waals surface area contributed by atoms with E-state index in [9.17, 15) is 13.2 Å². The second kappa shape index (κ2) is 4.69. The monoisotopic (exact) mass is 294 g/mol. The van der Waals surface area contributed by atoms with Crippen molar-refractivity contribution in [1.82, 2.24) is 24.7 Å². The van der Waals surface area contributed by atoms with E-state index in [0.717, 1.165) is 12.3 Å². The predicted molar refractivity (Wildman–Crippen MR) is 69.0 cm³/mol. The summed E-state index contributed by atoms with van der Waals surface area (Å²) in [5.74, 6) is 0.830. The molecular formula is C12H9F3N6. The van der Waals surface area contributed by atoms with Crippen molar-refractivity contribution >= 4 is 16.9 Å². The van der Waals surface area contributed by atoms with E-state index in [0.29, 0.717) is 16.9 Å². The summed E-state index contributed by atoms with van der Waals surface area (Å²) in [5, 5.41) is 7.64. The fourth-order valence-corrected chi connectivity index (χ4v) is 1.89. The SMILES string of the molecule is CNc1ncnc2c1cnn2-c1ccc(C(F)(F)F)cn1. The molecule has 0 saturated heterocycles. The molecule has 0 radical (unpaired) electrons. The summed E-state index contributed by atoms with van der Waals surface area (Å²) in [5.41, 5.74) is -0.352. The van der Waals surface area contributed by atoms with Crippen LogP contribution in [0.5, 0.6) is 0 Å². The molecule has 9 heteroatoms.